The Hall–Kier alpha value is -1.40. The van der Waals surface area contributed by atoms with Gasteiger partial charge in [0.05, 0.1) is 4.90 Å². The van der Waals surface area contributed by atoms with Crippen LogP contribution in [-0.4, -0.2) is 14.3 Å². The van der Waals surface area contributed by atoms with Crippen molar-refractivity contribution in [1.82, 2.24) is 0 Å². The minimum Gasteiger partial charge on any atom is -0.326 e. The van der Waals surface area contributed by atoms with E-state index >= 15 is 0 Å². The van der Waals surface area contributed by atoms with Gasteiger partial charge >= 0.3 is 0 Å². The Morgan fingerprint density at radius 3 is 2.35 bits per heavy atom. The van der Waals surface area contributed by atoms with E-state index in [0.717, 1.165) is 18.8 Å². The zero-order valence-electron chi connectivity index (χ0n) is 11.1. The van der Waals surface area contributed by atoms with Crippen LogP contribution in [0.2, 0.25) is 0 Å². The summed E-state index contributed by atoms with van der Waals surface area (Å²) in [5, 5.41) is 7.91. The van der Waals surface area contributed by atoms with Crippen molar-refractivity contribution in [1.29, 1.82) is 0 Å². The fourth-order valence-electron chi connectivity index (χ4n) is 3.53. The predicted molar refractivity (Wildman–Crippen MR) is 75.4 cm³/mol. The van der Waals surface area contributed by atoms with E-state index in [4.69, 9.17) is 5.14 Å². The van der Waals surface area contributed by atoms with E-state index in [1.165, 1.54) is 25.0 Å². The number of hydrogen-bond acceptors (Lipinski definition) is 3. The van der Waals surface area contributed by atoms with Crippen molar-refractivity contribution in [3.63, 3.8) is 0 Å². The van der Waals surface area contributed by atoms with Crippen LogP contribution >= 0.6 is 0 Å². The van der Waals surface area contributed by atoms with Crippen LogP contribution in [0, 0.1) is 17.8 Å². The smallest absolute Gasteiger partial charge is 0.238 e. The highest BCUT2D eigenvalue weighted by molar-refractivity contribution is 7.89. The molecule has 2 saturated carbocycles. The van der Waals surface area contributed by atoms with Gasteiger partial charge in [-0.15, -0.1) is 0 Å². The number of rotatable bonds is 3. The number of primary sulfonamides is 1. The quantitative estimate of drug-likeness (QED) is 0.889. The zero-order valence-corrected chi connectivity index (χ0v) is 11.9. The van der Waals surface area contributed by atoms with Gasteiger partial charge in [-0.1, -0.05) is 6.42 Å². The molecule has 2 bridgehead atoms. The van der Waals surface area contributed by atoms with Crippen molar-refractivity contribution in [2.75, 3.05) is 5.32 Å². The second-order valence-electron chi connectivity index (χ2n) is 5.84. The number of anilines is 1. The maximum absolute atomic E-state index is 12.2. The third kappa shape index (κ3) is 2.58. The minimum absolute atomic E-state index is 0.0513. The summed E-state index contributed by atoms with van der Waals surface area (Å²) in [5.41, 5.74) is 0.616. The number of nitrogens with one attached hydrogen (secondary N) is 1. The van der Waals surface area contributed by atoms with Gasteiger partial charge in [0.1, 0.15) is 0 Å². The lowest BCUT2D eigenvalue weighted by molar-refractivity contribution is -0.121. The van der Waals surface area contributed by atoms with E-state index in [0.29, 0.717) is 11.6 Å². The Bertz CT molecular complexity index is 624. The van der Waals surface area contributed by atoms with Crippen molar-refractivity contribution in [2.24, 2.45) is 22.9 Å². The molecule has 1 aromatic carbocycles. The van der Waals surface area contributed by atoms with Crippen LogP contribution in [0.1, 0.15) is 25.7 Å². The Balaban J connectivity index is 1.67. The summed E-state index contributed by atoms with van der Waals surface area (Å²) in [7, 11) is -3.68. The predicted octanol–water partition coefficient (Wildman–Crippen LogP) is 1.71. The molecule has 0 spiro atoms. The van der Waals surface area contributed by atoms with E-state index in [9.17, 15) is 13.2 Å². The van der Waals surface area contributed by atoms with Gasteiger partial charge in [0.15, 0.2) is 0 Å². The Kier molecular flexibility index (Phi) is 3.30. The first kappa shape index (κ1) is 13.6. The van der Waals surface area contributed by atoms with E-state index in [1.54, 1.807) is 12.1 Å². The van der Waals surface area contributed by atoms with Crippen LogP contribution in [0.15, 0.2) is 29.2 Å². The van der Waals surface area contributed by atoms with Crippen LogP contribution in [0.25, 0.3) is 0 Å². The summed E-state index contributed by atoms with van der Waals surface area (Å²) >= 11 is 0. The number of sulfonamides is 1. The molecule has 3 rings (SSSR count). The van der Waals surface area contributed by atoms with Gasteiger partial charge < -0.3 is 5.32 Å². The van der Waals surface area contributed by atoms with Gasteiger partial charge in [-0.25, -0.2) is 13.6 Å². The van der Waals surface area contributed by atoms with Gasteiger partial charge in [-0.05, 0) is 55.4 Å². The molecular formula is C14H18N2O3S. The van der Waals surface area contributed by atoms with E-state index in [-0.39, 0.29) is 16.7 Å². The van der Waals surface area contributed by atoms with Crippen LogP contribution in [0.3, 0.4) is 0 Å². The Morgan fingerprint density at radius 1 is 1.15 bits per heavy atom. The van der Waals surface area contributed by atoms with Gasteiger partial charge in [-0.2, -0.15) is 0 Å². The largest absolute Gasteiger partial charge is 0.326 e. The molecule has 20 heavy (non-hydrogen) atoms. The molecule has 1 aromatic rings. The van der Waals surface area contributed by atoms with Gasteiger partial charge in [0, 0.05) is 11.6 Å². The first-order chi connectivity index (χ1) is 9.43. The summed E-state index contributed by atoms with van der Waals surface area (Å²) in [5.74, 6) is 1.43. The summed E-state index contributed by atoms with van der Waals surface area (Å²) in [6.45, 7) is 0. The van der Waals surface area contributed by atoms with Crippen LogP contribution in [0.4, 0.5) is 5.69 Å². The molecule has 0 heterocycles. The second kappa shape index (κ2) is 4.86. The normalized spacial score (nSPS) is 28.6. The lowest BCUT2D eigenvalue weighted by Gasteiger charge is -2.20. The molecule has 0 aliphatic heterocycles. The summed E-state index contributed by atoms with van der Waals surface area (Å²) in [4.78, 5) is 12.3. The second-order valence-corrected chi connectivity index (χ2v) is 7.40. The van der Waals surface area contributed by atoms with Gasteiger partial charge in [0.25, 0.3) is 0 Å². The molecule has 3 atom stereocenters. The van der Waals surface area contributed by atoms with Crippen molar-refractivity contribution < 1.29 is 13.2 Å². The average Bonchev–Trinajstić information content (AvgIpc) is 3.00. The number of carbonyl (C=O) groups is 1. The molecule has 0 aromatic heterocycles. The molecule has 2 aliphatic carbocycles. The number of amides is 1. The third-order valence-electron chi connectivity index (χ3n) is 4.53. The van der Waals surface area contributed by atoms with Gasteiger partial charge in [-0.3, -0.25) is 4.79 Å². The zero-order chi connectivity index (χ0) is 14.3. The topological polar surface area (TPSA) is 89.3 Å². The molecule has 5 nitrogen and oxygen atoms in total. The summed E-state index contributed by atoms with van der Waals surface area (Å²) in [6, 6.07) is 5.97. The Labute approximate surface area is 118 Å². The molecule has 2 fully saturated rings. The van der Waals surface area contributed by atoms with Crippen molar-refractivity contribution in [2.45, 2.75) is 30.6 Å². The highest BCUT2D eigenvalue weighted by Crippen LogP contribution is 2.48. The van der Waals surface area contributed by atoms with Crippen molar-refractivity contribution >= 4 is 21.6 Å². The molecule has 0 radical (unpaired) electrons. The lowest BCUT2D eigenvalue weighted by atomic mass is 9.88. The van der Waals surface area contributed by atoms with Gasteiger partial charge in [0.2, 0.25) is 15.9 Å². The molecule has 0 unspecified atom stereocenters. The molecule has 1 amide bonds. The number of fused-ring (bicyclic) bond motifs is 2. The first-order valence-electron chi connectivity index (χ1n) is 6.87. The van der Waals surface area contributed by atoms with E-state index < -0.39 is 10.0 Å². The summed E-state index contributed by atoms with van der Waals surface area (Å²) in [6.07, 6.45) is 4.60. The highest BCUT2D eigenvalue weighted by atomic mass is 32.2. The lowest BCUT2D eigenvalue weighted by Crippen LogP contribution is -2.27. The van der Waals surface area contributed by atoms with Crippen molar-refractivity contribution in [3.8, 4) is 0 Å². The molecule has 2 aliphatic rings. The maximum atomic E-state index is 12.2. The average molecular weight is 294 g/mol. The molecule has 3 N–H and O–H groups in total. The number of benzene rings is 1. The highest BCUT2D eigenvalue weighted by Gasteiger charge is 2.42. The summed E-state index contributed by atoms with van der Waals surface area (Å²) < 4.78 is 22.3. The maximum Gasteiger partial charge on any atom is 0.238 e. The number of hydrogen-bond donors (Lipinski definition) is 2. The molecule has 0 saturated heterocycles. The van der Waals surface area contributed by atoms with Crippen LogP contribution in [0.5, 0.6) is 0 Å². The van der Waals surface area contributed by atoms with Crippen LogP contribution < -0.4 is 10.5 Å². The van der Waals surface area contributed by atoms with E-state index in [2.05, 4.69) is 5.32 Å². The number of carbonyl (C=O) groups excluding carboxylic acids is 1. The minimum atomic E-state index is -3.68. The monoisotopic (exact) mass is 294 g/mol. The first-order valence-corrected chi connectivity index (χ1v) is 8.42. The van der Waals surface area contributed by atoms with E-state index in [1.807, 2.05) is 0 Å². The van der Waals surface area contributed by atoms with Crippen LogP contribution in [-0.2, 0) is 14.8 Å². The Morgan fingerprint density at radius 2 is 1.85 bits per heavy atom. The standard InChI is InChI=1S/C14H18N2O3S/c15-20(18,19)12-5-3-11(4-6-12)16-14(17)13-8-9-1-2-10(13)7-9/h3-6,9-10,13H,1-2,7-8H2,(H,16,17)(H2,15,18,19)/t9-,10-,13+/m0/s1. The molecule has 6 heteroatoms. The molecule has 108 valence electrons. The fraction of sp³-hybridized carbons (Fsp3) is 0.500. The SMILES string of the molecule is NS(=O)(=O)c1ccc(NC(=O)[C@@H]2C[C@H]3CC[C@H]2C3)cc1. The third-order valence-corrected chi connectivity index (χ3v) is 5.45. The van der Waals surface area contributed by atoms with Crippen molar-refractivity contribution in [3.05, 3.63) is 24.3 Å². The number of nitrogens with two attached hydrogens (primary N) is 1. The fourth-order valence-corrected chi connectivity index (χ4v) is 4.04. The molecular weight excluding hydrogens is 276 g/mol.